The van der Waals surface area contributed by atoms with Gasteiger partial charge >= 0.3 is 0 Å². The molecule has 0 aliphatic heterocycles. The lowest BCUT2D eigenvalue weighted by Crippen LogP contribution is -2.36. The summed E-state index contributed by atoms with van der Waals surface area (Å²) in [6.07, 6.45) is 3.32. The predicted molar refractivity (Wildman–Crippen MR) is 78.3 cm³/mol. The van der Waals surface area contributed by atoms with E-state index in [4.69, 9.17) is 4.74 Å². The van der Waals surface area contributed by atoms with Gasteiger partial charge in [-0.2, -0.15) is 0 Å². The van der Waals surface area contributed by atoms with Gasteiger partial charge in [0.1, 0.15) is 5.75 Å². The van der Waals surface area contributed by atoms with Crippen LogP contribution >= 0.6 is 0 Å². The summed E-state index contributed by atoms with van der Waals surface area (Å²) in [6.45, 7) is 10.6. The van der Waals surface area contributed by atoms with E-state index >= 15 is 0 Å². The Bertz CT molecular complexity index is 341. The zero-order chi connectivity index (χ0) is 13.4. The van der Waals surface area contributed by atoms with Crippen LogP contribution in [0.4, 0.5) is 0 Å². The Balaban J connectivity index is 2.14. The first kappa shape index (κ1) is 15.0. The standard InChI is InChI=1S/C16H27NO/c1-5-14-9-8-10-15(13-14)18-12-7-6-11-17-16(2,3)4/h8-10,13,17H,5-7,11-12H2,1-4H3. The normalized spacial score (nSPS) is 11.6. The molecule has 2 nitrogen and oxygen atoms in total. The molecule has 0 unspecified atom stereocenters. The van der Waals surface area contributed by atoms with E-state index in [0.29, 0.717) is 0 Å². The van der Waals surface area contributed by atoms with E-state index in [1.54, 1.807) is 0 Å². The van der Waals surface area contributed by atoms with Crippen LogP contribution in [0.25, 0.3) is 0 Å². The number of aryl methyl sites for hydroxylation is 1. The van der Waals surface area contributed by atoms with E-state index in [2.05, 4.69) is 51.2 Å². The molecule has 1 rings (SSSR count). The van der Waals surface area contributed by atoms with Gasteiger partial charge in [0.15, 0.2) is 0 Å². The lowest BCUT2D eigenvalue weighted by molar-refractivity contribution is 0.301. The van der Waals surface area contributed by atoms with Gasteiger partial charge in [-0.1, -0.05) is 19.1 Å². The lowest BCUT2D eigenvalue weighted by atomic mass is 10.1. The van der Waals surface area contributed by atoms with Crippen molar-refractivity contribution in [1.29, 1.82) is 0 Å². The molecule has 0 amide bonds. The minimum atomic E-state index is 0.219. The largest absolute Gasteiger partial charge is 0.494 e. The molecule has 1 aromatic carbocycles. The van der Waals surface area contributed by atoms with Crippen molar-refractivity contribution >= 4 is 0 Å². The van der Waals surface area contributed by atoms with E-state index in [-0.39, 0.29) is 5.54 Å². The molecule has 0 heterocycles. The van der Waals surface area contributed by atoms with Crippen LogP contribution in [0.1, 0.15) is 46.1 Å². The van der Waals surface area contributed by atoms with Crippen LogP contribution in [0.3, 0.4) is 0 Å². The summed E-state index contributed by atoms with van der Waals surface area (Å²) in [4.78, 5) is 0. The Morgan fingerprint density at radius 2 is 1.94 bits per heavy atom. The molecule has 0 spiro atoms. The average molecular weight is 249 g/mol. The average Bonchev–Trinajstić information content (AvgIpc) is 2.32. The van der Waals surface area contributed by atoms with E-state index in [0.717, 1.165) is 38.2 Å². The Morgan fingerprint density at radius 3 is 2.61 bits per heavy atom. The van der Waals surface area contributed by atoms with Crippen molar-refractivity contribution in [1.82, 2.24) is 5.32 Å². The molecule has 0 saturated heterocycles. The van der Waals surface area contributed by atoms with Crippen molar-refractivity contribution in [3.63, 3.8) is 0 Å². The highest BCUT2D eigenvalue weighted by Crippen LogP contribution is 2.14. The van der Waals surface area contributed by atoms with Gasteiger partial charge in [0, 0.05) is 5.54 Å². The third-order valence-electron chi connectivity index (χ3n) is 2.80. The van der Waals surface area contributed by atoms with Crippen molar-refractivity contribution in [2.24, 2.45) is 0 Å². The first-order chi connectivity index (χ1) is 8.51. The number of benzene rings is 1. The number of rotatable bonds is 7. The van der Waals surface area contributed by atoms with Crippen LogP contribution in [0, 0.1) is 0 Å². The molecule has 0 aliphatic carbocycles. The molecule has 102 valence electrons. The number of hydrogen-bond acceptors (Lipinski definition) is 2. The number of hydrogen-bond donors (Lipinski definition) is 1. The van der Waals surface area contributed by atoms with E-state index in [1.807, 2.05) is 6.07 Å². The molecule has 0 fully saturated rings. The second-order valence-corrected chi connectivity index (χ2v) is 5.73. The van der Waals surface area contributed by atoms with Gasteiger partial charge in [0.05, 0.1) is 6.61 Å². The summed E-state index contributed by atoms with van der Waals surface area (Å²) in [5, 5.41) is 3.48. The van der Waals surface area contributed by atoms with Gasteiger partial charge in [0.25, 0.3) is 0 Å². The Labute approximate surface area is 112 Å². The Hall–Kier alpha value is -1.02. The number of ether oxygens (including phenoxy) is 1. The molecule has 2 heteroatoms. The van der Waals surface area contributed by atoms with Crippen molar-refractivity contribution in [3.05, 3.63) is 29.8 Å². The zero-order valence-corrected chi connectivity index (χ0v) is 12.3. The highest BCUT2D eigenvalue weighted by atomic mass is 16.5. The maximum absolute atomic E-state index is 5.75. The summed E-state index contributed by atoms with van der Waals surface area (Å²) in [5.41, 5.74) is 1.55. The van der Waals surface area contributed by atoms with Crippen LogP contribution in [0.2, 0.25) is 0 Å². The zero-order valence-electron chi connectivity index (χ0n) is 12.3. The lowest BCUT2D eigenvalue weighted by Gasteiger charge is -2.20. The van der Waals surface area contributed by atoms with E-state index in [1.165, 1.54) is 5.56 Å². The van der Waals surface area contributed by atoms with Gasteiger partial charge < -0.3 is 10.1 Å². The third kappa shape index (κ3) is 6.65. The van der Waals surface area contributed by atoms with Crippen LogP contribution in [0.5, 0.6) is 5.75 Å². The van der Waals surface area contributed by atoms with Crippen molar-refractivity contribution < 1.29 is 4.74 Å². The van der Waals surface area contributed by atoms with Crippen molar-refractivity contribution in [3.8, 4) is 5.75 Å². The topological polar surface area (TPSA) is 21.3 Å². The fourth-order valence-electron chi connectivity index (χ4n) is 1.74. The second kappa shape index (κ2) is 7.42. The molecule has 18 heavy (non-hydrogen) atoms. The molecule has 0 atom stereocenters. The summed E-state index contributed by atoms with van der Waals surface area (Å²) in [6, 6.07) is 8.37. The summed E-state index contributed by atoms with van der Waals surface area (Å²) in [5.74, 6) is 0.998. The molecule has 1 aromatic rings. The van der Waals surface area contributed by atoms with Gasteiger partial charge in [-0.25, -0.2) is 0 Å². The number of unbranched alkanes of at least 4 members (excludes halogenated alkanes) is 1. The van der Waals surface area contributed by atoms with Crippen molar-refractivity contribution in [2.75, 3.05) is 13.2 Å². The maximum Gasteiger partial charge on any atom is 0.119 e. The van der Waals surface area contributed by atoms with Crippen LogP contribution in [0.15, 0.2) is 24.3 Å². The van der Waals surface area contributed by atoms with Crippen LogP contribution in [-0.2, 0) is 6.42 Å². The molecule has 0 aliphatic rings. The molecule has 0 saturated carbocycles. The molecular formula is C16H27NO. The molecule has 0 radical (unpaired) electrons. The van der Waals surface area contributed by atoms with Gasteiger partial charge in [-0.3, -0.25) is 0 Å². The quantitative estimate of drug-likeness (QED) is 0.742. The van der Waals surface area contributed by atoms with Crippen LogP contribution in [-0.4, -0.2) is 18.7 Å². The predicted octanol–water partition coefficient (Wildman–Crippen LogP) is 3.80. The van der Waals surface area contributed by atoms with Gasteiger partial charge in [-0.05, 0) is 64.3 Å². The summed E-state index contributed by atoms with van der Waals surface area (Å²) >= 11 is 0. The highest BCUT2D eigenvalue weighted by Gasteiger charge is 2.06. The molecule has 0 bridgehead atoms. The SMILES string of the molecule is CCc1cccc(OCCCCNC(C)(C)C)c1. The molecule has 1 N–H and O–H groups in total. The Morgan fingerprint density at radius 1 is 1.17 bits per heavy atom. The summed E-state index contributed by atoms with van der Waals surface area (Å²) < 4.78 is 5.75. The molecular weight excluding hydrogens is 222 g/mol. The van der Waals surface area contributed by atoms with Crippen molar-refractivity contribution in [2.45, 2.75) is 52.5 Å². The van der Waals surface area contributed by atoms with E-state index < -0.39 is 0 Å². The third-order valence-corrected chi connectivity index (χ3v) is 2.80. The second-order valence-electron chi connectivity index (χ2n) is 5.73. The smallest absolute Gasteiger partial charge is 0.119 e. The fraction of sp³-hybridized carbons (Fsp3) is 0.625. The van der Waals surface area contributed by atoms with E-state index in [9.17, 15) is 0 Å². The molecule has 0 aromatic heterocycles. The number of nitrogens with one attached hydrogen (secondary N) is 1. The monoisotopic (exact) mass is 249 g/mol. The van der Waals surface area contributed by atoms with Crippen LogP contribution < -0.4 is 10.1 Å². The first-order valence-corrected chi connectivity index (χ1v) is 6.98. The minimum absolute atomic E-state index is 0.219. The minimum Gasteiger partial charge on any atom is -0.494 e. The maximum atomic E-state index is 5.75. The van der Waals surface area contributed by atoms with Gasteiger partial charge in [0.2, 0.25) is 0 Å². The van der Waals surface area contributed by atoms with Gasteiger partial charge in [-0.15, -0.1) is 0 Å². The fourth-order valence-corrected chi connectivity index (χ4v) is 1.74. The Kier molecular flexibility index (Phi) is 6.20. The first-order valence-electron chi connectivity index (χ1n) is 6.98. The summed E-state index contributed by atoms with van der Waals surface area (Å²) in [7, 11) is 0. The highest BCUT2D eigenvalue weighted by molar-refractivity contribution is 5.28.